The molecule has 1 atom stereocenters. The summed E-state index contributed by atoms with van der Waals surface area (Å²) in [6.45, 7) is 0.308. The molecule has 0 aliphatic carbocycles. The first-order chi connectivity index (χ1) is 14.2. The lowest BCUT2D eigenvalue weighted by atomic mass is 9.88. The van der Waals surface area contributed by atoms with Gasteiger partial charge in [0.15, 0.2) is 0 Å². The van der Waals surface area contributed by atoms with E-state index in [9.17, 15) is 9.59 Å². The molecule has 3 aromatic carbocycles. The van der Waals surface area contributed by atoms with E-state index in [1.54, 1.807) is 12.1 Å². The van der Waals surface area contributed by atoms with Gasteiger partial charge in [0, 0.05) is 24.4 Å². The molecule has 2 amide bonds. The number of rotatable bonds is 6. The van der Waals surface area contributed by atoms with Gasteiger partial charge in [-0.3, -0.25) is 9.59 Å². The summed E-state index contributed by atoms with van der Waals surface area (Å²) in [5.41, 5.74) is 3.55. The molecule has 29 heavy (non-hydrogen) atoms. The molecule has 1 aliphatic rings. The van der Waals surface area contributed by atoms with Crippen molar-refractivity contribution in [3.05, 3.63) is 107 Å². The fourth-order valence-electron chi connectivity index (χ4n) is 3.64. The van der Waals surface area contributed by atoms with E-state index >= 15 is 0 Å². The summed E-state index contributed by atoms with van der Waals surface area (Å²) in [5, 5.41) is 10.8. The van der Waals surface area contributed by atoms with E-state index in [4.69, 9.17) is 0 Å². The van der Waals surface area contributed by atoms with Gasteiger partial charge < -0.3 is 5.32 Å². The van der Waals surface area contributed by atoms with E-state index in [0.29, 0.717) is 18.5 Å². The topological polar surface area (TPSA) is 70.9 Å². The first-order valence-electron chi connectivity index (χ1n) is 9.63. The summed E-state index contributed by atoms with van der Waals surface area (Å²) < 4.78 is 0. The van der Waals surface area contributed by atoms with Gasteiger partial charge in [-0.1, -0.05) is 78.9 Å². The minimum Gasteiger partial charge on any atom is -0.354 e. The number of hydrogen-bond acceptors (Lipinski definition) is 3. The maximum Gasteiger partial charge on any atom is 0.295 e. The SMILES string of the molecule is O=C(CC(c1ccccc1)c1ccccc1)NCC1N=NC(=O)c2ccccc21. The first-order valence-corrected chi connectivity index (χ1v) is 9.63. The number of azo groups is 1. The van der Waals surface area contributed by atoms with E-state index < -0.39 is 0 Å². The summed E-state index contributed by atoms with van der Waals surface area (Å²) in [4.78, 5) is 24.6. The van der Waals surface area contributed by atoms with Gasteiger partial charge >= 0.3 is 0 Å². The highest BCUT2D eigenvalue weighted by molar-refractivity contribution is 5.97. The number of nitrogens with zero attached hydrogens (tertiary/aromatic N) is 2. The van der Waals surface area contributed by atoms with E-state index in [1.807, 2.05) is 72.8 Å². The van der Waals surface area contributed by atoms with Crippen LogP contribution in [0.15, 0.2) is 95.2 Å². The Bertz CT molecular complexity index is 993. The van der Waals surface area contributed by atoms with Crippen molar-refractivity contribution in [3.63, 3.8) is 0 Å². The van der Waals surface area contributed by atoms with Crippen molar-refractivity contribution in [2.24, 2.45) is 10.2 Å². The molecule has 5 heteroatoms. The smallest absolute Gasteiger partial charge is 0.295 e. The Balaban J connectivity index is 1.47. The third kappa shape index (κ3) is 4.29. The molecule has 0 saturated heterocycles. The van der Waals surface area contributed by atoms with Crippen LogP contribution in [0.2, 0.25) is 0 Å². The largest absolute Gasteiger partial charge is 0.354 e. The number of amides is 2. The quantitative estimate of drug-likeness (QED) is 0.672. The monoisotopic (exact) mass is 383 g/mol. The number of benzene rings is 3. The number of nitrogens with one attached hydrogen (secondary N) is 1. The van der Waals surface area contributed by atoms with E-state index in [1.165, 1.54) is 0 Å². The fraction of sp³-hybridized carbons (Fsp3) is 0.167. The Morgan fingerprint density at radius 3 is 2.10 bits per heavy atom. The number of hydrogen-bond donors (Lipinski definition) is 1. The summed E-state index contributed by atoms with van der Waals surface area (Å²) in [6, 6.07) is 27.0. The number of fused-ring (bicyclic) bond motifs is 1. The van der Waals surface area contributed by atoms with Crippen LogP contribution >= 0.6 is 0 Å². The zero-order valence-electron chi connectivity index (χ0n) is 15.9. The molecule has 1 unspecified atom stereocenters. The molecule has 144 valence electrons. The highest BCUT2D eigenvalue weighted by Crippen LogP contribution is 2.29. The van der Waals surface area contributed by atoms with Gasteiger partial charge in [0.1, 0.15) is 6.04 Å². The van der Waals surface area contributed by atoms with Gasteiger partial charge in [-0.25, -0.2) is 0 Å². The molecule has 0 saturated carbocycles. The average Bonchev–Trinajstić information content (AvgIpc) is 2.78. The van der Waals surface area contributed by atoms with Crippen LogP contribution in [0.3, 0.4) is 0 Å². The van der Waals surface area contributed by atoms with E-state index in [2.05, 4.69) is 15.5 Å². The van der Waals surface area contributed by atoms with Gasteiger partial charge in [0.2, 0.25) is 5.91 Å². The second kappa shape index (κ2) is 8.61. The standard InChI is InChI=1S/C24H21N3O2/c28-23(25-16-22-19-13-7-8-14-20(19)24(29)27-26-22)15-21(17-9-3-1-4-10-17)18-11-5-2-6-12-18/h1-14,21-22H,15-16H2,(H,25,28). The van der Waals surface area contributed by atoms with Crippen LogP contribution in [0.4, 0.5) is 0 Å². The zero-order chi connectivity index (χ0) is 20.1. The van der Waals surface area contributed by atoms with Crippen molar-refractivity contribution in [1.82, 2.24) is 5.32 Å². The summed E-state index contributed by atoms with van der Waals surface area (Å²) in [5.74, 6) is -0.428. The molecule has 1 heterocycles. The van der Waals surface area contributed by atoms with Crippen molar-refractivity contribution in [3.8, 4) is 0 Å². The second-order valence-corrected chi connectivity index (χ2v) is 7.01. The summed E-state index contributed by atoms with van der Waals surface area (Å²) in [7, 11) is 0. The van der Waals surface area contributed by atoms with Gasteiger partial charge in [-0.15, -0.1) is 5.11 Å². The Morgan fingerprint density at radius 2 is 1.45 bits per heavy atom. The first kappa shape index (κ1) is 18.7. The van der Waals surface area contributed by atoms with Gasteiger partial charge in [0.25, 0.3) is 5.91 Å². The molecule has 3 aromatic rings. The summed E-state index contributed by atoms with van der Waals surface area (Å²) in [6.07, 6.45) is 0.332. The fourth-order valence-corrected chi connectivity index (χ4v) is 3.64. The predicted octanol–water partition coefficient (Wildman–Crippen LogP) is 4.67. The van der Waals surface area contributed by atoms with Crippen LogP contribution in [-0.2, 0) is 4.79 Å². The minimum absolute atomic E-state index is 0.0285. The lowest BCUT2D eigenvalue weighted by Gasteiger charge is -2.20. The summed E-state index contributed by atoms with van der Waals surface area (Å²) >= 11 is 0. The number of carbonyl (C=O) groups is 2. The highest BCUT2D eigenvalue weighted by Gasteiger charge is 2.24. The average molecular weight is 383 g/mol. The Hall–Kier alpha value is -3.60. The Kier molecular flexibility index (Phi) is 5.56. The molecule has 1 aliphatic heterocycles. The van der Waals surface area contributed by atoms with Crippen molar-refractivity contribution >= 4 is 11.8 Å². The lowest BCUT2D eigenvalue weighted by Crippen LogP contribution is -2.30. The normalized spacial score (nSPS) is 15.2. The maximum absolute atomic E-state index is 12.8. The molecule has 1 N–H and O–H groups in total. The van der Waals surface area contributed by atoms with E-state index in [-0.39, 0.29) is 23.8 Å². The third-order valence-electron chi connectivity index (χ3n) is 5.12. The van der Waals surface area contributed by atoms with Gasteiger partial charge in [0.05, 0.1) is 0 Å². The predicted molar refractivity (Wildman–Crippen MR) is 111 cm³/mol. The van der Waals surface area contributed by atoms with Crippen molar-refractivity contribution in [2.75, 3.05) is 6.54 Å². The molecule has 4 rings (SSSR count). The van der Waals surface area contributed by atoms with Crippen molar-refractivity contribution in [1.29, 1.82) is 0 Å². The van der Waals surface area contributed by atoms with Crippen LogP contribution in [0.5, 0.6) is 0 Å². The molecular formula is C24H21N3O2. The molecule has 5 nitrogen and oxygen atoms in total. The molecule has 0 spiro atoms. The van der Waals surface area contributed by atoms with Crippen molar-refractivity contribution in [2.45, 2.75) is 18.4 Å². The molecule has 0 bridgehead atoms. The van der Waals surface area contributed by atoms with Gasteiger partial charge in [-0.05, 0) is 22.8 Å². The van der Waals surface area contributed by atoms with Gasteiger partial charge in [-0.2, -0.15) is 5.11 Å². The van der Waals surface area contributed by atoms with Crippen LogP contribution in [-0.4, -0.2) is 18.4 Å². The van der Waals surface area contributed by atoms with Crippen LogP contribution in [0.1, 0.15) is 45.4 Å². The third-order valence-corrected chi connectivity index (χ3v) is 5.12. The molecular weight excluding hydrogens is 362 g/mol. The Morgan fingerprint density at radius 1 is 0.862 bits per heavy atom. The lowest BCUT2D eigenvalue weighted by molar-refractivity contribution is -0.121. The maximum atomic E-state index is 12.8. The Labute approximate surface area is 169 Å². The van der Waals surface area contributed by atoms with Crippen molar-refractivity contribution < 1.29 is 9.59 Å². The molecule has 0 fully saturated rings. The second-order valence-electron chi connectivity index (χ2n) is 7.01. The molecule has 0 radical (unpaired) electrons. The minimum atomic E-state index is -0.347. The zero-order valence-corrected chi connectivity index (χ0v) is 15.9. The molecule has 0 aromatic heterocycles. The number of carbonyl (C=O) groups excluding carboxylic acids is 2. The van der Waals surface area contributed by atoms with Crippen LogP contribution < -0.4 is 5.32 Å². The van der Waals surface area contributed by atoms with Crippen LogP contribution in [0.25, 0.3) is 0 Å². The van der Waals surface area contributed by atoms with Crippen LogP contribution in [0, 0.1) is 0 Å². The van der Waals surface area contributed by atoms with E-state index in [0.717, 1.165) is 16.7 Å². The highest BCUT2D eigenvalue weighted by atomic mass is 16.2.